The number of nitrogens with zero attached hydrogens (tertiary/aromatic N) is 1. The molecule has 1 atom stereocenters. The Kier molecular flexibility index (Phi) is 7.08. The van der Waals surface area contributed by atoms with Crippen LogP contribution >= 0.6 is 11.6 Å². The number of hydrogen-bond donors (Lipinski definition) is 1. The molecule has 2 heterocycles. The van der Waals surface area contributed by atoms with Gasteiger partial charge in [0.15, 0.2) is 0 Å². The van der Waals surface area contributed by atoms with Crippen molar-refractivity contribution in [1.82, 2.24) is 0 Å². The second-order valence-corrected chi connectivity index (χ2v) is 8.63. The first-order valence-electron chi connectivity index (χ1n) is 11.3. The molecule has 6 nitrogen and oxygen atoms in total. The molecule has 0 bridgehead atoms. The van der Waals surface area contributed by atoms with E-state index in [4.69, 9.17) is 20.8 Å². The van der Waals surface area contributed by atoms with Crippen molar-refractivity contribution < 1.29 is 23.8 Å². The summed E-state index contributed by atoms with van der Waals surface area (Å²) in [5, 5.41) is 11.6. The highest BCUT2D eigenvalue weighted by atomic mass is 35.5. The van der Waals surface area contributed by atoms with Crippen molar-refractivity contribution in [2.75, 3.05) is 11.5 Å². The number of ether oxygens (including phenoxy) is 1. The lowest BCUT2D eigenvalue weighted by Crippen LogP contribution is -2.30. The zero-order chi connectivity index (χ0) is 24.2. The molecular formula is C27H26ClNO5. The summed E-state index contributed by atoms with van der Waals surface area (Å²) >= 11 is 6.20. The van der Waals surface area contributed by atoms with Gasteiger partial charge in [-0.25, -0.2) is 0 Å². The third kappa shape index (κ3) is 4.59. The number of ketones is 1. The summed E-state index contributed by atoms with van der Waals surface area (Å²) in [6.07, 6.45) is 4.63. The normalized spacial score (nSPS) is 17.4. The van der Waals surface area contributed by atoms with Crippen molar-refractivity contribution in [1.29, 1.82) is 0 Å². The average molecular weight is 480 g/mol. The third-order valence-corrected chi connectivity index (χ3v) is 6.07. The van der Waals surface area contributed by atoms with Gasteiger partial charge in [-0.15, -0.1) is 0 Å². The largest absolute Gasteiger partial charge is 0.507 e. The Morgan fingerprint density at radius 3 is 2.56 bits per heavy atom. The number of Topliss-reactive ketones (excluding diaryl/α,β-unsaturated/α-hetero) is 1. The molecule has 1 unspecified atom stereocenters. The predicted octanol–water partition coefficient (Wildman–Crippen LogP) is 6.44. The average Bonchev–Trinajstić information content (AvgIpc) is 3.45. The minimum absolute atomic E-state index is 0.0454. The fraction of sp³-hybridized carbons (Fsp3) is 0.259. The highest BCUT2D eigenvalue weighted by Gasteiger charge is 2.48. The molecule has 1 saturated heterocycles. The molecule has 34 heavy (non-hydrogen) atoms. The fourth-order valence-electron chi connectivity index (χ4n) is 4.05. The standard InChI is InChI=1S/C27H26ClNO5/c1-3-4-5-14-33-20-12-9-18(10-13-20)25(30)23-24(22-7-6-15-34-22)29(27(32)26(23)31)21-16-19(28)11-8-17(21)2/h6-13,15-16,24,30H,3-5,14H2,1-2H3/b25-23-. The Balaban J connectivity index is 1.74. The first kappa shape index (κ1) is 23.6. The lowest BCUT2D eigenvalue weighted by molar-refractivity contribution is -0.132. The van der Waals surface area contributed by atoms with Gasteiger partial charge in [0.05, 0.1) is 18.4 Å². The highest BCUT2D eigenvalue weighted by molar-refractivity contribution is 6.51. The van der Waals surface area contributed by atoms with Gasteiger partial charge in [0, 0.05) is 16.3 Å². The van der Waals surface area contributed by atoms with E-state index in [0.717, 1.165) is 24.8 Å². The van der Waals surface area contributed by atoms with Crippen LogP contribution in [-0.4, -0.2) is 23.4 Å². The van der Waals surface area contributed by atoms with E-state index in [0.29, 0.717) is 34.4 Å². The first-order chi connectivity index (χ1) is 16.4. The van der Waals surface area contributed by atoms with Crippen LogP contribution < -0.4 is 9.64 Å². The maximum absolute atomic E-state index is 13.2. The van der Waals surface area contributed by atoms with Crippen molar-refractivity contribution in [3.63, 3.8) is 0 Å². The Hall–Kier alpha value is -3.51. The van der Waals surface area contributed by atoms with E-state index in [1.165, 1.54) is 11.2 Å². The minimum atomic E-state index is -0.933. The number of halogens is 1. The molecule has 176 valence electrons. The number of rotatable bonds is 8. The lowest BCUT2D eigenvalue weighted by atomic mass is 9.99. The summed E-state index contributed by atoms with van der Waals surface area (Å²) in [5.74, 6) is -0.803. The third-order valence-electron chi connectivity index (χ3n) is 5.83. The van der Waals surface area contributed by atoms with Gasteiger partial charge < -0.3 is 14.3 Å². The summed E-state index contributed by atoms with van der Waals surface area (Å²) in [7, 11) is 0. The molecule has 1 aliphatic heterocycles. The Bertz CT molecular complexity index is 1210. The summed E-state index contributed by atoms with van der Waals surface area (Å²) in [4.78, 5) is 27.7. The topological polar surface area (TPSA) is 80.0 Å². The van der Waals surface area contributed by atoms with E-state index >= 15 is 0 Å². The molecule has 4 rings (SSSR count). The molecule has 0 spiro atoms. The van der Waals surface area contributed by atoms with Crippen LogP contribution in [0, 0.1) is 6.92 Å². The van der Waals surface area contributed by atoms with E-state index in [1.54, 1.807) is 54.6 Å². The number of aryl methyl sites for hydroxylation is 1. The van der Waals surface area contributed by atoms with E-state index in [2.05, 4.69) is 6.92 Å². The fourth-order valence-corrected chi connectivity index (χ4v) is 4.21. The zero-order valence-electron chi connectivity index (χ0n) is 19.1. The summed E-state index contributed by atoms with van der Waals surface area (Å²) < 4.78 is 11.3. The van der Waals surface area contributed by atoms with Crippen LogP contribution in [0.4, 0.5) is 5.69 Å². The van der Waals surface area contributed by atoms with Gasteiger partial charge >= 0.3 is 0 Å². The number of carbonyl (C=O) groups is 2. The maximum Gasteiger partial charge on any atom is 0.300 e. The molecule has 7 heteroatoms. The number of aliphatic hydroxyl groups excluding tert-OH is 1. The van der Waals surface area contributed by atoms with Gasteiger partial charge in [-0.05, 0) is 67.4 Å². The summed E-state index contributed by atoms with van der Waals surface area (Å²) in [5.41, 5.74) is 1.59. The van der Waals surface area contributed by atoms with Crippen molar-refractivity contribution in [2.24, 2.45) is 0 Å². The summed E-state index contributed by atoms with van der Waals surface area (Å²) in [6.45, 7) is 4.57. The van der Waals surface area contributed by atoms with Crippen LogP contribution in [0.2, 0.25) is 5.02 Å². The molecule has 2 aromatic carbocycles. The van der Waals surface area contributed by atoms with Gasteiger partial charge in [0.25, 0.3) is 11.7 Å². The molecule has 1 fully saturated rings. The van der Waals surface area contributed by atoms with Crippen molar-refractivity contribution in [3.05, 3.63) is 88.3 Å². The Morgan fingerprint density at radius 2 is 1.88 bits per heavy atom. The van der Waals surface area contributed by atoms with Gasteiger partial charge in [0.2, 0.25) is 0 Å². The molecule has 1 aliphatic rings. The second kappa shape index (κ2) is 10.2. The van der Waals surface area contributed by atoms with Crippen LogP contribution in [0.5, 0.6) is 5.75 Å². The lowest BCUT2D eigenvalue weighted by Gasteiger charge is -2.25. The molecule has 0 aliphatic carbocycles. The van der Waals surface area contributed by atoms with Gasteiger partial charge in [-0.1, -0.05) is 37.4 Å². The number of amides is 1. The molecule has 1 aromatic heterocycles. The first-order valence-corrected chi connectivity index (χ1v) is 11.6. The molecule has 0 radical (unpaired) electrons. The van der Waals surface area contributed by atoms with Gasteiger partial charge in [-0.2, -0.15) is 0 Å². The molecule has 1 amide bonds. The van der Waals surface area contributed by atoms with Crippen LogP contribution in [0.3, 0.4) is 0 Å². The predicted molar refractivity (Wildman–Crippen MR) is 131 cm³/mol. The number of anilines is 1. The molecule has 1 N–H and O–H groups in total. The quantitative estimate of drug-likeness (QED) is 0.174. The molecular weight excluding hydrogens is 454 g/mol. The Morgan fingerprint density at radius 1 is 1.12 bits per heavy atom. The number of benzene rings is 2. The van der Waals surface area contributed by atoms with E-state index in [1.807, 2.05) is 6.92 Å². The van der Waals surface area contributed by atoms with Gasteiger partial charge in [0.1, 0.15) is 23.3 Å². The number of aliphatic hydroxyl groups is 1. The molecule has 3 aromatic rings. The van der Waals surface area contributed by atoms with Crippen LogP contribution in [0.1, 0.15) is 49.1 Å². The number of hydrogen-bond acceptors (Lipinski definition) is 5. The van der Waals surface area contributed by atoms with Crippen molar-refractivity contribution >= 4 is 34.7 Å². The van der Waals surface area contributed by atoms with E-state index in [-0.39, 0.29) is 11.3 Å². The number of unbranched alkanes of at least 4 members (excludes halogenated alkanes) is 2. The van der Waals surface area contributed by atoms with E-state index in [9.17, 15) is 14.7 Å². The van der Waals surface area contributed by atoms with Crippen molar-refractivity contribution in [2.45, 2.75) is 39.2 Å². The van der Waals surface area contributed by atoms with E-state index < -0.39 is 17.7 Å². The van der Waals surface area contributed by atoms with Crippen LogP contribution in [0.25, 0.3) is 5.76 Å². The highest BCUT2D eigenvalue weighted by Crippen LogP contribution is 2.43. The SMILES string of the molecule is CCCCCOc1ccc(/C(O)=C2/C(=O)C(=O)N(c3cc(Cl)ccc3C)C2c2ccco2)cc1. The van der Waals surface area contributed by atoms with Gasteiger partial charge in [-0.3, -0.25) is 14.5 Å². The summed E-state index contributed by atoms with van der Waals surface area (Å²) in [6, 6.07) is 14.3. The minimum Gasteiger partial charge on any atom is -0.507 e. The van der Waals surface area contributed by atoms with Crippen LogP contribution in [0.15, 0.2) is 70.9 Å². The Labute approximate surface area is 203 Å². The molecule has 0 saturated carbocycles. The number of furan rings is 1. The zero-order valence-corrected chi connectivity index (χ0v) is 19.8. The smallest absolute Gasteiger partial charge is 0.300 e. The number of carbonyl (C=O) groups excluding carboxylic acids is 2. The van der Waals surface area contributed by atoms with Crippen molar-refractivity contribution in [3.8, 4) is 5.75 Å². The second-order valence-electron chi connectivity index (χ2n) is 8.20. The monoisotopic (exact) mass is 479 g/mol. The maximum atomic E-state index is 13.2. The van der Waals surface area contributed by atoms with Crippen LogP contribution in [-0.2, 0) is 9.59 Å².